The zero-order valence-electron chi connectivity index (χ0n) is 14.6. The van der Waals surface area contributed by atoms with Crippen LogP contribution in [0.3, 0.4) is 0 Å². The van der Waals surface area contributed by atoms with Crippen molar-refractivity contribution in [3.8, 4) is 0 Å². The lowest BCUT2D eigenvalue weighted by atomic mass is 9.99. The van der Waals surface area contributed by atoms with Gasteiger partial charge >= 0.3 is 0 Å². The van der Waals surface area contributed by atoms with Crippen LogP contribution in [-0.2, 0) is 10.0 Å². The van der Waals surface area contributed by atoms with Crippen LogP contribution in [0, 0.1) is 0 Å². The van der Waals surface area contributed by atoms with E-state index in [0.717, 1.165) is 37.4 Å². The highest BCUT2D eigenvalue weighted by Gasteiger charge is 2.30. The Bertz CT molecular complexity index is 857. The molecule has 8 heteroatoms. The Labute approximate surface area is 148 Å². The molecule has 0 aliphatic carbocycles. The molecule has 0 unspecified atom stereocenters. The number of aromatic nitrogens is 3. The lowest BCUT2D eigenvalue weighted by Gasteiger charge is -2.30. The molecule has 0 saturated carbocycles. The number of rotatable bonds is 4. The van der Waals surface area contributed by atoms with Gasteiger partial charge in [0.15, 0.2) is 11.5 Å². The van der Waals surface area contributed by atoms with Crippen LogP contribution in [0.25, 0.3) is 5.65 Å². The number of anilines is 1. The van der Waals surface area contributed by atoms with E-state index in [2.05, 4.69) is 21.0 Å². The molecule has 0 N–H and O–H groups in total. The molecule has 2 saturated heterocycles. The van der Waals surface area contributed by atoms with Crippen molar-refractivity contribution in [1.29, 1.82) is 0 Å². The van der Waals surface area contributed by atoms with Crippen LogP contribution in [0.15, 0.2) is 18.3 Å². The average Bonchev–Trinajstić information content (AvgIpc) is 3.30. The van der Waals surface area contributed by atoms with Crippen LogP contribution in [0.2, 0.25) is 0 Å². The van der Waals surface area contributed by atoms with Crippen LogP contribution in [0.5, 0.6) is 0 Å². The molecule has 2 aromatic heterocycles. The van der Waals surface area contributed by atoms with Crippen molar-refractivity contribution in [3.05, 3.63) is 24.2 Å². The SMILES string of the molecule is CCS(=O)(=O)N1CCC[C@H](c2nc3ccc(N4CCCC4)cn3n2)C1. The van der Waals surface area contributed by atoms with Crippen LogP contribution >= 0.6 is 0 Å². The summed E-state index contributed by atoms with van der Waals surface area (Å²) in [5, 5.41) is 4.67. The summed E-state index contributed by atoms with van der Waals surface area (Å²) in [5.74, 6) is 0.983. The second kappa shape index (κ2) is 6.57. The number of nitrogens with zero attached hydrogens (tertiary/aromatic N) is 5. The van der Waals surface area contributed by atoms with E-state index in [1.165, 1.54) is 18.5 Å². The maximum absolute atomic E-state index is 12.2. The highest BCUT2D eigenvalue weighted by atomic mass is 32.2. The van der Waals surface area contributed by atoms with Crippen molar-refractivity contribution in [2.24, 2.45) is 0 Å². The molecular weight excluding hydrogens is 338 g/mol. The molecule has 2 aliphatic heterocycles. The molecule has 25 heavy (non-hydrogen) atoms. The van der Waals surface area contributed by atoms with Gasteiger partial charge in [-0.2, -0.15) is 5.10 Å². The summed E-state index contributed by atoms with van der Waals surface area (Å²) in [7, 11) is -3.15. The van der Waals surface area contributed by atoms with Crippen molar-refractivity contribution in [3.63, 3.8) is 0 Å². The molecule has 1 atom stereocenters. The summed E-state index contributed by atoms with van der Waals surface area (Å²) in [6, 6.07) is 4.11. The standard InChI is InChI=1S/C17H25N5O2S/c1-2-25(23,24)21-11-5-6-14(12-21)17-18-16-8-7-15(13-22(16)19-17)20-9-3-4-10-20/h7-8,13-14H,2-6,9-12H2,1H3/t14-/m0/s1. The Hall–Kier alpha value is -1.67. The van der Waals surface area contributed by atoms with Gasteiger partial charge in [0.05, 0.1) is 17.6 Å². The third-order valence-corrected chi connectivity index (χ3v) is 7.16. The summed E-state index contributed by atoms with van der Waals surface area (Å²) < 4.78 is 27.8. The van der Waals surface area contributed by atoms with E-state index in [9.17, 15) is 8.42 Å². The van der Waals surface area contributed by atoms with Crippen molar-refractivity contribution < 1.29 is 8.42 Å². The first-order valence-electron chi connectivity index (χ1n) is 9.16. The summed E-state index contributed by atoms with van der Waals surface area (Å²) in [5.41, 5.74) is 2.01. The van der Waals surface area contributed by atoms with Crippen LogP contribution in [0.4, 0.5) is 5.69 Å². The molecule has 2 aromatic rings. The number of hydrogen-bond donors (Lipinski definition) is 0. The zero-order valence-corrected chi connectivity index (χ0v) is 15.5. The minimum absolute atomic E-state index is 0.0743. The van der Waals surface area contributed by atoms with Crippen molar-refractivity contribution in [2.75, 3.05) is 36.8 Å². The second-order valence-corrected chi connectivity index (χ2v) is 9.21. The Balaban J connectivity index is 1.58. The maximum atomic E-state index is 12.2. The fourth-order valence-corrected chi connectivity index (χ4v) is 4.99. The van der Waals surface area contributed by atoms with Crippen molar-refractivity contribution in [2.45, 2.75) is 38.5 Å². The lowest BCUT2D eigenvalue weighted by molar-refractivity contribution is 0.309. The minimum atomic E-state index is -3.15. The van der Waals surface area contributed by atoms with Gasteiger partial charge in [0.1, 0.15) is 0 Å². The third-order valence-electron chi connectivity index (χ3n) is 5.31. The first-order valence-corrected chi connectivity index (χ1v) is 10.8. The van der Waals surface area contributed by atoms with E-state index >= 15 is 0 Å². The largest absolute Gasteiger partial charge is 0.370 e. The van der Waals surface area contributed by atoms with Gasteiger partial charge in [0.2, 0.25) is 10.0 Å². The highest BCUT2D eigenvalue weighted by molar-refractivity contribution is 7.89. The van der Waals surface area contributed by atoms with Crippen molar-refractivity contribution in [1.82, 2.24) is 18.9 Å². The predicted octanol–water partition coefficient (Wildman–Crippen LogP) is 1.86. The fourth-order valence-electron chi connectivity index (χ4n) is 3.81. The van der Waals surface area contributed by atoms with Gasteiger partial charge in [-0.15, -0.1) is 0 Å². The minimum Gasteiger partial charge on any atom is -0.370 e. The number of sulfonamides is 1. The highest BCUT2D eigenvalue weighted by Crippen LogP contribution is 2.27. The molecule has 4 heterocycles. The molecule has 2 aliphatic rings. The normalized spacial score (nSPS) is 22.8. The van der Waals surface area contributed by atoms with Crippen LogP contribution < -0.4 is 4.90 Å². The summed E-state index contributed by atoms with van der Waals surface area (Å²) >= 11 is 0. The molecule has 7 nitrogen and oxygen atoms in total. The first-order chi connectivity index (χ1) is 12.1. The Morgan fingerprint density at radius 2 is 1.96 bits per heavy atom. The van der Waals surface area contributed by atoms with E-state index in [-0.39, 0.29) is 11.7 Å². The summed E-state index contributed by atoms with van der Waals surface area (Å²) in [6.07, 6.45) is 6.32. The number of piperidine rings is 1. The molecule has 136 valence electrons. The van der Waals surface area contributed by atoms with E-state index in [0.29, 0.717) is 13.1 Å². The van der Waals surface area contributed by atoms with E-state index in [4.69, 9.17) is 0 Å². The topological polar surface area (TPSA) is 70.8 Å². The van der Waals surface area contributed by atoms with Crippen LogP contribution in [-0.4, -0.2) is 59.3 Å². The third kappa shape index (κ3) is 3.25. The fraction of sp³-hybridized carbons (Fsp3) is 0.647. The maximum Gasteiger partial charge on any atom is 0.213 e. The van der Waals surface area contributed by atoms with Gasteiger partial charge in [0.25, 0.3) is 0 Å². The molecule has 0 radical (unpaired) electrons. The average molecular weight is 363 g/mol. The van der Waals surface area contributed by atoms with E-state index < -0.39 is 10.0 Å². The molecule has 0 bridgehead atoms. The molecule has 0 spiro atoms. The van der Waals surface area contributed by atoms with Crippen molar-refractivity contribution >= 4 is 21.4 Å². The van der Waals surface area contributed by atoms with Crippen LogP contribution in [0.1, 0.15) is 44.3 Å². The zero-order chi connectivity index (χ0) is 17.4. The molecule has 0 amide bonds. The lowest BCUT2D eigenvalue weighted by Crippen LogP contribution is -2.40. The van der Waals surface area contributed by atoms with E-state index in [1.807, 2.05) is 16.8 Å². The number of pyridine rings is 1. The van der Waals surface area contributed by atoms with Gasteiger partial charge in [-0.3, -0.25) is 0 Å². The Kier molecular flexibility index (Phi) is 4.41. The molecule has 0 aromatic carbocycles. The summed E-state index contributed by atoms with van der Waals surface area (Å²) in [6.45, 7) is 4.99. The van der Waals surface area contributed by atoms with E-state index in [1.54, 1.807) is 11.2 Å². The Morgan fingerprint density at radius 3 is 2.72 bits per heavy atom. The molecule has 4 rings (SSSR count). The molecular formula is C17H25N5O2S. The predicted molar refractivity (Wildman–Crippen MR) is 97.4 cm³/mol. The van der Waals surface area contributed by atoms with Gasteiger partial charge in [-0.25, -0.2) is 22.2 Å². The second-order valence-electron chi connectivity index (χ2n) is 6.95. The van der Waals surface area contributed by atoms with Gasteiger partial charge in [-0.05, 0) is 44.7 Å². The number of fused-ring (bicyclic) bond motifs is 1. The first kappa shape index (κ1) is 16.8. The number of hydrogen-bond acceptors (Lipinski definition) is 5. The van der Waals surface area contributed by atoms with Gasteiger partial charge < -0.3 is 4.90 Å². The monoisotopic (exact) mass is 363 g/mol. The van der Waals surface area contributed by atoms with Gasteiger partial charge in [-0.1, -0.05) is 0 Å². The summed E-state index contributed by atoms with van der Waals surface area (Å²) in [4.78, 5) is 7.03. The molecule has 2 fully saturated rings. The van der Waals surface area contributed by atoms with Gasteiger partial charge in [0, 0.05) is 32.1 Å². The quantitative estimate of drug-likeness (QED) is 0.829. The smallest absolute Gasteiger partial charge is 0.213 e. The Morgan fingerprint density at radius 1 is 1.16 bits per heavy atom.